The highest BCUT2D eigenvalue weighted by Crippen LogP contribution is 2.19. The Morgan fingerprint density at radius 2 is 2.33 bits per heavy atom. The molecule has 1 atom stereocenters. The van der Waals surface area contributed by atoms with Crippen LogP contribution in [0.5, 0.6) is 0 Å². The zero-order valence-electron chi connectivity index (χ0n) is 11.0. The molecule has 5 nitrogen and oxygen atoms in total. The third kappa shape index (κ3) is 2.67. The molecule has 1 fully saturated rings. The molecule has 1 N–H and O–H groups in total. The van der Waals surface area contributed by atoms with E-state index in [4.69, 9.17) is 4.52 Å². The third-order valence-electron chi connectivity index (χ3n) is 3.35. The summed E-state index contributed by atoms with van der Waals surface area (Å²) in [6, 6.07) is 0.407. The molecular weight excluding hydrogens is 254 g/mol. The molecule has 2 rings (SSSR count). The third-order valence-corrected chi connectivity index (χ3v) is 3.35. The number of carbonyl (C=O) groups is 1. The summed E-state index contributed by atoms with van der Waals surface area (Å²) in [6.07, 6.45) is 1.71. The van der Waals surface area contributed by atoms with E-state index in [0.29, 0.717) is 29.5 Å². The number of rotatable bonds is 3. The summed E-state index contributed by atoms with van der Waals surface area (Å²) in [4.78, 5) is 14.2. The molecule has 1 aliphatic heterocycles. The normalized spacial score (nSPS) is 18.8. The summed E-state index contributed by atoms with van der Waals surface area (Å²) in [5.74, 6) is 0.749. The summed E-state index contributed by atoms with van der Waals surface area (Å²) >= 11 is 0. The number of carbonyl (C=O) groups excluding carboxylic acids is 1. The fourth-order valence-corrected chi connectivity index (χ4v) is 2.27. The maximum absolute atomic E-state index is 12.4. The van der Waals surface area contributed by atoms with Crippen molar-refractivity contribution >= 4 is 18.3 Å². The molecule has 102 valence electrons. The van der Waals surface area contributed by atoms with Gasteiger partial charge < -0.3 is 14.7 Å². The minimum atomic E-state index is 0. The Morgan fingerprint density at radius 1 is 1.61 bits per heavy atom. The lowest BCUT2D eigenvalue weighted by Crippen LogP contribution is -2.33. The minimum absolute atomic E-state index is 0. The molecule has 0 bridgehead atoms. The van der Waals surface area contributed by atoms with Crippen molar-refractivity contribution in [1.82, 2.24) is 15.4 Å². The van der Waals surface area contributed by atoms with Crippen molar-refractivity contribution in [2.75, 3.05) is 20.1 Å². The van der Waals surface area contributed by atoms with Crippen LogP contribution in [0, 0.1) is 6.92 Å². The highest BCUT2D eigenvalue weighted by atomic mass is 35.5. The molecule has 0 spiro atoms. The Bertz CT molecular complexity index is 419. The standard InChI is InChI=1S/C12H19N3O2.ClH/c1-4-10-11(8(2)14-17-10)12(16)15-6-5-9(7-15)13-3;/h9,13H,4-7H2,1-3H3;1H. The first-order valence-electron chi connectivity index (χ1n) is 6.09. The van der Waals surface area contributed by atoms with E-state index >= 15 is 0 Å². The molecule has 2 heterocycles. The van der Waals surface area contributed by atoms with E-state index in [1.54, 1.807) is 0 Å². The van der Waals surface area contributed by atoms with Crippen molar-refractivity contribution < 1.29 is 9.32 Å². The molecule has 0 aliphatic carbocycles. The van der Waals surface area contributed by atoms with Crippen molar-refractivity contribution in [2.45, 2.75) is 32.7 Å². The molecule has 1 saturated heterocycles. The van der Waals surface area contributed by atoms with E-state index in [1.807, 2.05) is 25.8 Å². The fourth-order valence-electron chi connectivity index (χ4n) is 2.27. The molecule has 1 aliphatic rings. The van der Waals surface area contributed by atoms with Crippen LogP contribution in [0.1, 0.15) is 35.2 Å². The van der Waals surface area contributed by atoms with E-state index < -0.39 is 0 Å². The number of amides is 1. The summed E-state index contributed by atoms with van der Waals surface area (Å²) in [5.41, 5.74) is 1.35. The van der Waals surface area contributed by atoms with Gasteiger partial charge in [-0.1, -0.05) is 12.1 Å². The number of aromatic nitrogens is 1. The Balaban J connectivity index is 0.00000162. The van der Waals surface area contributed by atoms with Crippen LogP contribution in [-0.2, 0) is 6.42 Å². The predicted molar refractivity (Wildman–Crippen MR) is 71.2 cm³/mol. The van der Waals surface area contributed by atoms with E-state index in [2.05, 4.69) is 10.5 Å². The van der Waals surface area contributed by atoms with Gasteiger partial charge in [-0.15, -0.1) is 12.4 Å². The second-order valence-corrected chi connectivity index (χ2v) is 4.45. The van der Waals surface area contributed by atoms with E-state index in [-0.39, 0.29) is 18.3 Å². The van der Waals surface area contributed by atoms with Crippen LogP contribution in [0.2, 0.25) is 0 Å². The number of aryl methyl sites for hydroxylation is 2. The molecule has 18 heavy (non-hydrogen) atoms. The number of hydrogen-bond donors (Lipinski definition) is 1. The van der Waals surface area contributed by atoms with Gasteiger partial charge in [0.25, 0.3) is 5.91 Å². The van der Waals surface area contributed by atoms with E-state index in [9.17, 15) is 4.79 Å². The molecule has 0 saturated carbocycles. The molecule has 0 aromatic carbocycles. The Labute approximate surface area is 113 Å². The number of hydrogen-bond acceptors (Lipinski definition) is 4. The van der Waals surface area contributed by atoms with Crippen LogP contribution in [0.3, 0.4) is 0 Å². The molecule has 1 unspecified atom stereocenters. The molecular formula is C12H20ClN3O2. The van der Waals surface area contributed by atoms with Gasteiger partial charge in [-0.25, -0.2) is 0 Å². The van der Waals surface area contributed by atoms with Gasteiger partial charge in [0, 0.05) is 25.6 Å². The van der Waals surface area contributed by atoms with Crippen LogP contribution < -0.4 is 5.32 Å². The zero-order chi connectivity index (χ0) is 12.4. The number of halogens is 1. The largest absolute Gasteiger partial charge is 0.360 e. The van der Waals surface area contributed by atoms with Crippen molar-refractivity contribution in [1.29, 1.82) is 0 Å². The quantitative estimate of drug-likeness (QED) is 0.904. The van der Waals surface area contributed by atoms with Gasteiger partial charge in [0.2, 0.25) is 0 Å². The van der Waals surface area contributed by atoms with Crippen molar-refractivity contribution in [3.63, 3.8) is 0 Å². The average Bonchev–Trinajstić information content (AvgIpc) is 2.94. The molecule has 0 radical (unpaired) electrons. The topological polar surface area (TPSA) is 58.4 Å². The Kier molecular flexibility index (Phi) is 5.16. The van der Waals surface area contributed by atoms with Gasteiger partial charge in [-0.2, -0.15) is 0 Å². The van der Waals surface area contributed by atoms with Crippen LogP contribution in [0.15, 0.2) is 4.52 Å². The lowest BCUT2D eigenvalue weighted by Gasteiger charge is -2.16. The van der Waals surface area contributed by atoms with Gasteiger partial charge >= 0.3 is 0 Å². The Morgan fingerprint density at radius 3 is 2.89 bits per heavy atom. The number of likely N-dealkylation sites (N-methyl/N-ethyl adjacent to an activating group) is 1. The highest BCUT2D eigenvalue weighted by Gasteiger charge is 2.29. The molecule has 1 aromatic heterocycles. The SMILES string of the molecule is CCc1onc(C)c1C(=O)N1CCC(NC)C1.Cl. The van der Waals surface area contributed by atoms with Gasteiger partial charge in [0.05, 0.1) is 5.69 Å². The second-order valence-electron chi connectivity index (χ2n) is 4.45. The van der Waals surface area contributed by atoms with Crippen molar-refractivity contribution in [3.8, 4) is 0 Å². The lowest BCUT2D eigenvalue weighted by atomic mass is 10.1. The maximum Gasteiger partial charge on any atom is 0.259 e. The van der Waals surface area contributed by atoms with Crippen LogP contribution in [-0.4, -0.2) is 42.1 Å². The average molecular weight is 274 g/mol. The molecule has 1 amide bonds. The molecule has 1 aromatic rings. The first kappa shape index (κ1) is 15.0. The summed E-state index contributed by atoms with van der Waals surface area (Å²) in [5, 5.41) is 7.09. The first-order valence-corrected chi connectivity index (χ1v) is 6.09. The highest BCUT2D eigenvalue weighted by molar-refractivity contribution is 5.96. The number of nitrogens with one attached hydrogen (secondary N) is 1. The number of likely N-dealkylation sites (tertiary alicyclic amines) is 1. The van der Waals surface area contributed by atoms with Crippen LogP contribution in [0.4, 0.5) is 0 Å². The van der Waals surface area contributed by atoms with E-state index in [0.717, 1.165) is 19.5 Å². The lowest BCUT2D eigenvalue weighted by molar-refractivity contribution is 0.0787. The zero-order valence-corrected chi connectivity index (χ0v) is 11.8. The van der Waals surface area contributed by atoms with E-state index in [1.165, 1.54) is 0 Å². The summed E-state index contributed by atoms with van der Waals surface area (Å²) < 4.78 is 5.17. The monoisotopic (exact) mass is 273 g/mol. The minimum Gasteiger partial charge on any atom is -0.360 e. The van der Waals surface area contributed by atoms with Crippen molar-refractivity contribution in [3.05, 3.63) is 17.0 Å². The second kappa shape index (κ2) is 6.20. The first-order chi connectivity index (χ1) is 8.17. The van der Waals surface area contributed by atoms with Crippen LogP contribution in [0.25, 0.3) is 0 Å². The van der Waals surface area contributed by atoms with Gasteiger partial charge in [0.15, 0.2) is 0 Å². The van der Waals surface area contributed by atoms with Gasteiger partial charge in [-0.3, -0.25) is 4.79 Å². The maximum atomic E-state index is 12.4. The smallest absolute Gasteiger partial charge is 0.259 e. The fraction of sp³-hybridized carbons (Fsp3) is 0.667. The van der Waals surface area contributed by atoms with Crippen LogP contribution >= 0.6 is 12.4 Å². The number of nitrogens with zero attached hydrogens (tertiary/aromatic N) is 2. The van der Waals surface area contributed by atoms with Crippen molar-refractivity contribution in [2.24, 2.45) is 0 Å². The molecule has 6 heteroatoms. The predicted octanol–water partition coefficient (Wildman–Crippen LogP) is 1.40. The van der Waals surface area contributed by atoms with Gasteiger partial charge in [0.1, 0.15) is 11.3 Å². The Hall–Kier alpha value is -1.07. The summed E-state index contributed by atoms with van der Waals surface area (Å²) in [6.45, 7) is 5.36. The summed E-state index contributed by atoms with van der Waals surface area (Å²) in [7, 11) is 1.93. The van der Waals surface area contributed by atoms with Gasteiger partial charge in [-0.05, 0) is 20.4 Å².